The molecule has 426 valence electrons. The molecule has 7 aromatic carbocycles. The summed E-state index contributed by atoms with van der Waals surface area (Å²) in [5, 5.41) is 0. The van der Waals surface area contributed by atoms with Gasteiger partial charge in [-0.05, 0) is 217 Å². The van der Waals surface area contributed by atoms with Crippen LogP contribution in [0.25, 0.3) is 82.0 Å². The highest BCUT2D eigenvalue weighted by Crippen LogP contribution is 2.34. The Labute approximate surface area is 496 Å². The van der Waals surface area contributed by atoms with Crippen LogP contribution in [0.3, 0.4) is 0 Å². The van der Waals surface area contributed by atoms with Crippen molar-refractivity contribution in [1.82, 2.24) is 0 Å². The second-order valence-corrected chi connectivity index (χ2v) is 25.0. The van der Waals surface area contributed by atoms with Crippen molar-refractivity contribution in [3.8, 4) is 33.8 Å². The average Bonchev–Trinajstić information content (AvgIpc) is 3.63. The number of allylic oxidation sites excluding steroid dienone is 2. The molecule has 0 fully saturated rings. The van der Waals surface area contributed by atoms with Crippen molar-refractivity contribution in [1.29, 1.82) is 0 Å². The van der Waals surface area contributed by atoms with E-state index in [-0.39, 0.29) is 10.8 Å². The zero-order valence-corrected chi connectivity index (χ0v) is 51.9. The van der Waals surface area contributed by atoms with Gasteiger partial charge in [0.1, 0.15) is 11.5 Å². The highest BCUT2D eigenvalue weighted by atomic mass is 16.5. The molecule has 0 amide bonds. The fraction of sp³-hybridized carbons (Fsp3) is 0.325. The molecule has 0 saturated heterocycles. The summed E-state index contributed by atoms with van der Waals surface area (Å²) in [6, 6.07) is 53.5. The Morgan fingerprint density at radius 2 is 0.707 bits per heavy atom. The van der Waals surface area contributed by atoms with Crippen LogP contribution in [-0.2, 0) is 10.8 Å². The molecular weight excluding hydrogens is 993 g/mol. The summed E-state index contributed by atoms with van der Waals surface area (Å²) in [4.78, 5) is 0. The van der Waals surface area contributed by atoms with Crippen molar-refractivity contribution in [3.63, 3.8) is 0 Å². The maximum absolute atomic E-state index is 6.33. The molecule has 2 unspecified atom stereocenters. The molecule has 0 aliphatic rings. The number of hydrogen-bond donors (Lipinski definition) is 0. The summed E-state index contributed by atoms with van der Waals surface area (Å²) in [6.45, 7) is 37.0. The van der Waals surface area contributed by atoms with Gasteiger partial charge >= 0.3 is 0 Å². The lowest BCUT2D eigenvalue weighted by molar-refractivity contribution is 0.233. The molecule has 0 aliphatic heterocycles. The van der Waals surface area contributed by atoms with Crippen molar-refractivity contribution in [2.45, 2.75) is 145 Å². The molecule has 82 heavy (non-hydrogen) atoms. The molecule has 0 radical (unpaired) electrons. The molecule has 0 heterocycles. The van der Waals surface area contributed by atoms with Gasteiger partial charge in [-0.1, -0.05) is 247 Å². The smallest absolute Gasteiger partial charge is 0.119 e. The van der Waals surface area contributed by atoms with E-state index in [4.69, 9.17) is 9.47 Å². The normalized spacial score (nSPS) is 12.9. The van der Waals surface area contributed by atoms with Gasteiger partial charge < -0.3 is 9.47 Å². The minimum absolute atomic E-state index is 0.0364. The molecule has 0 aromatic heterocycles. The SMILES string of the molecule is C=C(C)c1cc(/C=C/c2cc(/C=C/c3ccc(/C=C/c4cc(-c5ccc(OCC(CC)CCCC)cc5)cc(-c5ccc(OCC(CC)CCCC)cc5)c4)cc3)cc(/C=C/c3cc(C(C)(C)C)cc(C(C)(C)C)c3)c2)cc(C(=C)C)c1. The van der Waals surface area contributed by atoms with E-state index in [1.807, 2.05) is 0 Å². The second-order valence-electron chi connectivity index (χ2n) is 25.0. The fourth-order valence-electron chi connectivity index (χ4n) is 10.1. The number of unbranched alkanes of at least 4 members (excludes halogenated alkanes) is 2. The maximum atomic E-state index is 6.33. The van der Waals surface area contributed by atoms with Crippen molar-refractivity contribution < 1.29 is 9.47 Å². The molecule has 0 spiro atoms. The number of hydrogen-bond acceptors (Lipinski definition) is 2. The van der Waals surface area contributed by atoms with Crippen molar-refractivity contribution in [2.24, 2.45) is 11.8 Å². The summed E-state index contributed by atoms with van der Waals surface area (Å²) in [6.07, 6.45) is 27.5. The Hall–Kier alpha value is -7.42. The topological polar surface area (TPSA) is 18.5 Å². The molecule has 2 atom stereocenters. The average molecular weight is 1090 g/mol. The van der Waals surface area contributed by atoms with Crippen LogP contribution in [0.1, 0.15) is 201 Å². The fourth-order valence-corrected chi connectivity index (χ4v) is 10.1. The lowest BCUT2D eigenvalue weighted by Crippen LogP contribution is -2.16. The lowest BCUT2D eigenvalue weighted by Gasteiger charge is -2.25. The Bertz CT molecular complexity index is 3190. The Balaban J connectivity index is 1.16. The lowest BCUT2D eigenvalue weighted by atomic mass is 9.79. The van der Waals surface area contributed by atoms with Crippen LogP contribution in [0.2, 0.25) is 0 Å². The van der Waals surface area contributed by atoms with Gasteiger partial charge in [0.2, 0.25) is 0 Å². The zero-order chi connectivity index (χ0) is 58.8. The van der Waals surface area contributed by atoms with E-state index < -0.39 is 0 Å². The summed E-state index contributed by atoms with van der Waals surface area (Å²) in [5.74, 6) is 3.02. The van der Waals surface area contributed by atoms with Crippen LogP contribution in [0.4, 0.5) is 0 Å². The van der Waals surface area contributed by atoms with E-state index in [0.717, 1.165) is 121 Å². The minimum atomic E-state index is 0.0364. The van der Waals surface area contributed by atoms with Crippen LogP contribution < -0.4 is 9.47 Å². The van der Waals surface area contributed by atoms with Gasteiger partial charge in [-0.15, -0.1) is 0 Å². The quantitative estimate of drug-likeness (QED) is 0.0503. The third-order valence-electron chi connectivity index (χ3n) is 15.8. The molecule has 7 rings (SSSR count). The largest absolute Gasteiger partial charge is 0.493 e. The maximum Gasteiger partial charge on any atom is 0.119 e. The van der Waals surface area contributed by atoms with Gasteiger partial charge in [0, 0.05) is 0 Å². The Kier molecular flexibility index (Phi) is 22.4. The second kappa shape index (κ2) is 29.5. The van der Waals surface area contributed by atoms with E-state index in [1.165, 1.54) is 55.2 Å². The van der Waals surface area contributed by atoms with Crippen LogP contribution in [0.15, 0.2) is 159 Å². The summed E-state index contributed by atoms with van der Waals surface area (Å²) in [5.41, 5.74) is 20.9. The van der Waals surface area contributed by atoms with E-state index in [9.17, 15) is 0 Å². The summed E-state index contributed by atoms with van der Waals surface area (Å²) in [7, 11) is 0. The first kappa shape index (κ1) is 62.2. The first-order chi connectivity index (χ1) is 39.3. The third kappa shape index (κ3) is 18.8. The Morgan fingerprint density at radius 3 is 1.04 bits per heavy atom. The van der Waals surface area contributed by atoms with Crippen molar-refractivity contribution >= 4 is 59.8 Å². The zero-order valence-electron chi connectivity index (χ0n) is 51.9. The van der Waals surface area contributed by atoms with Crippen molar-refractivity contribution in [3.05, 3.63) is 226 Å². The molecule has 0 N–H and O–H groups in total. The number of rotatable bonds is 26. The summed E-state index contributed by atoms with van der Waals surface area (Å²) < 4.78 is 12.7. The molecule has 2 heteroatoms. The predicted octanol–water partition coefficient (Wildman–Crippen LogP) is 23.6. The van der Waals surface area contributed by atoms with Crippen LogP contribution in [-0.4, -0.2) is 13.2 Å². The first-order valence-electron chi connectivity index (χ1n) is 30.5. The molecule has 7 aromatic rings. The van der Waals surface area contributed by atoms with Crippen LogP contribution in [0, 0.1) is 11.8 Å². The summed E-state index contributed by atoms with van der Waals surface area (Å²) >= 11 is 0. The van der Waals surface area contributed by atoms with Crippen LogP contribution in [0.5, 0.6) is 11.5 Å². The van der Waals surface area contributed by atoms with Gasteiger partial charge in [-0.3, -0.25) is 0 Å². The number of ether oxygens (including phenoxy) is 2. The van der Waals surface area contributed by atoms with Gasteiger partial charge in [-0.2, -0.15) is 0 Å². The van der Waals surface area contributed by atoms with Crippen molar-refractivity contribution in [2.75, 3.05) is 13.2 Å². The van der Waals surface area contributed by atoms with Crippen LogP contribution >= 0.6 is 0 Å². The molecule has 0 saturated carbocycles. The molecular formula is C80H94O2. The van der Waals surface area contributed by atoms with E-state index >= 15 is 0 Å². The highest BCUT2D eigenvalue weighted by molar-refractivity contribution is 5.83. The first-order valence-corrected chi connectivity index (χ1v) is 30.5. The van der Waals surface area contributed by atoms with Gasteiger partial charge in [0.05, 0.1) is 13.2 Å². The standard InChI is InChI=1S/C80H94O2/c1-15-19-21-59(17-3)55-81-77-39-35-69(36-40-77)73-48-67(49-74(53-73)70-37-41-78(42-38-70)82-56-60(18-4)22-20-16-2)30-28-62-25-23-61(24-26-62)27-29-63-43-64(31-33-66-46-71(57(5)6)52-72(47-66)58(7)8)45-65(44-63)32-34-68-50-75(79(9,10)11)54-76(51-68)80(12,13)14/h23-54,59-60H,5,7,15-22,55-56H2,1-4,6,8-14H3/b29-27+,30-28+,33-31+,34-32+. The minimum Gasteiger partial charge on any atom is -0.493 e. The molecule has 0 aliphatic carbocycles. The third-order valence-corrected chi connectivity index (χ3v) is 15.8. The molecule has 2 nitrogen and oxygen atoms in total. The van der Waals surface area contributed by atoms with Gasteiger partial charge in [-0.25, -0.2) is 0 Å². The monoisotopic (exact) mass is 1090 g/mol. The van der Waals surface area contributed by atoms with E-state index in [0.29, 0.717) is 11.8 Å². The van der Waals surface area contributed by atoms with E-state index in [2.05, 4.69) is 290 Å². The van der Waals surface area contributed by atoms with E-state index in [1.54, 1.807) is 0 Å². The van der Waals surface area contributed by atoms with Gasteiger partial charge in [0.15, 0.2) is 0 Å². The van der Waals surface area contributed by atoms with Gasteiger partial charge in [0.25, 0.3) is 0 Å². The predicted molar refractivity (Wildman–Crippen MR) is 363 cm³/mol. The number of benzene rings is 7. The highest BCUT2D eigenvalue weighted by Gasteiger charge is 2.20. The molecule has 0 bridgehead atoms. The Morgan fingerprint density at radius 1 is 0.378 bits per heavy atom.